The van der Waals surface area contributed by atoms with Crippen LogP contribution in [0.15, 0.2) is 18.3 Å². The van der Waals surface area contributed by atoms with Crippen molar-refractivity contribution in [3.8, 4) is 0 Å². The summed E-state index contributed by atoms with van der Waals surface area (Å²) < 4.78 is 1.95. The lowest BCUT2D eigenvalue weighted by atomic mass is 10.0. The predicted octanol–water partition coefficient (Wildman–Crippen LogP) is 2.17. The molecule has 19 heavy (non-hydrogen) atoms. The summed E-state index contributed by atoms with van der Waals surface area (Å²) in [6, 6.07) is 0. The summed E-state index contributed by atoms with van der Waals surface area (Å²) in [6.45, 7) is 9.05. The molecule has 0 aliphatic carbocycles. The molecule has 104 valence electrons. The fraction of sp³-hybridized carbons (Fsp3) is 0.667. The van der Waals surface area contributed by atoms with Gasteiger partial charge in [-0.2, -0.15) is 5.10 Å². The molecular weight excluding hydrogens is 236 g/mol. The van der Waals surface area contributed by atoms with E-state index in [1.165, 1.54) is 17.8 Å². The number of aryl methyl sites for hydroxylation is 2. The molecule has 0 saturated carbocycles. The van der Waals surface area contributed by atoms with Crippen LogP contribution in [0.1, 0.15) is 32.9 Å². The molecule has 0 spiro atoms. The minimum atomic E-state index is 0.188. The van der Waals surface area contributed by atoms with Crippen LogP contribution in [0, 0.1) is 0 Å². The highest BCUT2D eigenvalue weighted by Gasteiger charge is 2.35. The molecule has 0 saturated heterocycles. The van der Waals surface area contributed by atoms with Gasteiger partial charge in [0.25, 0.3) is 0 Å². The maximum Gasteiger partial charge on any atom is 0.102 e. The zero-order valence-corrected chi connectivity index (χ0v) is 12.4. The average Bonchev–Trinajstić information content (AvgIpc) is 2.91. The Morgan fingerprint density at radius 2 is 2.11 bits per heavy atom. The van der Waals surface area contributed by atoms with Crippen molar-refractivity contribution in [1.29, 1.82) is 0 Å². The van der Waals surface area contributed by atoms with Gasteiger partial charge in [0.1, 0.15) is 6.17 Å². The smallest absolute Gasteiger partial charge is 0.102 e. The van der Waals surface area contributed by atoms with E-state index in [1.807, 2.05) is 11.7 Å². The molecule has 4 heteroatoms. The molecule has 1 atom stereocenters. The average molecular weight is 260 g/mol. The second-order valence-electron chi connectivity index (χ2n) is 6.60. The van der Waals surface area contributed by atoms with E-state index in [9.17, 15) is 0 Å². The Hall–Kier alpha value is -1.29. The van der Waals surface area contributed by atoms with Gasteiger partial charge in [-0.1, -0.05) is 12.2 Å². The number of anilines is 1. The fourth-order valence-corrected chi connectivity index (χ4v) is 3.20. The summed E-state index contributed by atoms with van der Waals surface area (Å²) in [5.41, 5.74) is 2.76. The molecule has 3 heterocycles. The van der Waals surface area contributed by atoms with Crippen LogP contribution in [0.4, 0.5) is 5.69 Å². The Labute approximate surface area is 115 Å². The monoisotopic (exact) mass is 260 g/mol. The second kappa shape index (κ2) is 4.37. The van der Waals surface area contributed by atoms with Crippen molar-refractivity contribution < 1.29 is 0 Å². The Morgan fingerprint density at radius 1 is 1.32 bits per heavy atom. The maximum atomic E-state index is 4.59. The zero-order valence-electron chi connectivity index (χ0n) is 12.4. The van der Waals surface area contributed by atoms with Crippen molar-refractivity contribution >= 4 is 5.69 Å². The Bertz CT molecular complexity index is 495. The van der Waals surface area contributed by atoms with Crippen LogP contribution >= 0.6 is 0 Å². The Morgan fingerprint density at radius 3 is 2.84 bits per heavy atom. The fourth-order valence-electron chi connectivity index (χ4n) is 3.20. The van der Waals surface area contributed by atoms with E-state index >= 15 is 0 Å². The number of fused-ring (bicyclic) bond motifs is 1. The minimum Gasteiger partial charge on any atom is -0.349 e. The van der Waals surface area contributed by atoms with Gasteiger partial charge in [-0.3, -0.25) is 9.58 Å². The number of nitrogens with zero attached hydrogens (tertiary/aromatic N) is 4. The highest BCUT2D eigenvalue weighted by molar-refractivity contribution is 5.53. The summed E-state index contributed by atoms with van der Waals surface area (Å²) in [5, 5.41) is 4.59. The van der Waals surface area contributed by atoms with Gasteiger partial charge < -0.3 is 4.90 Å². The van der Waals surface area contributed by atoms with Crippen LogP contribution in [0.3, 0.4) is 0 Å². The topological polar surface area (TPSA) is 24.3 Å². The van der Waals surface area contributed by atoms with Crippen LogP contribution in [0.5, 0.6) is 0 Å². The van der Waals surface area contributed by atoms with Crippen LogP contribution in [0.25, 0.3) is 0 Å². The Kier molecular flexibility index (Phi) is 2.93. The number of aromatic nitrogens is 2. The van der Waals surface area contributed by atoms with E-state index in [1.54, 1.807) is 0 Å². The van der Waals surface area contributed by atoms with Gasteiger partial charge in [0.15, 0.2) is 0 Å². The van der Waals surface area contributed by atoms with E-state index in [2.05, 4.69) is 54.0 Å². The first kappa shape index (κ1) is 12.7. The molecule has 1 aromatic heterocycles. The molecule has 0 fully saturated rings. The lowest BCUT2D eigenvalue weighted by Crippen LogP contribution is -2.54. The van der Waals surface area contributed by atoms with Crippen LogP contribution in [-0.4, -0.2) is 39.5 Å². The highest BCUT2D eigenvalue weighted by atomic mass is 15.4. The van der Waals surface area contributed by atoms with Gasteiger partial charge in [0, 0.05) is 31.9 Å². The summed E-state index contributed by atoms with van der Waals surface area (Å²) in [5.74, 6) is 0. The number of hydrogen-bond acceptors (Lipinski definition) is 3. The minimum absolute atomic E-state index is 0.188. The predicted molar refractivity (Wildman–Crippen MR) is 78.3 cm³/mol. The molecule has 1 unspecified atom stereocenters. The van der Waals surface area contributed by atoms with Gasteiger partial charge in [-0.25, -0.2) is 0 Å². The van der Waals surface area contributed by atoms with Crippen molar-refractivity contribution in [3.05, 3.63) is 24.0 Å². The van der Waals surface area contributed by atoms with E-state index < -0.39 is 0 Å². The van der Waals surface area contributed by atoms with E-state index in [0.717, 1.165) is 19.5 Å². The van der Waals surface area contributed by atoms with Gasteiger partial charge in [0.2, 0.25) is 0 Å². The van der Waals surface area contributed by atoms with Gasteiger partial charge in [0.05, 0.1) is 11.4 Å². The molecule has 4 nitrogen and oxygen atoms in total. The highest BCUT2D eigenvalue weighted by Crippen LogP contribution is 2.32. The van der Waals surface area contributed by atoms with E-state index in [4.69, 9.17) is 0 Å². The SMILES string of the molecule is Cn1cc2c(n1)CCCN2C1C=CCN1C(C)(C)C. The van der Waals surface area contributed by atoms with E-state index in [0.29, 0.717) is 6.17 Å². The molecule has 0 N–H and O–H groups in total. The molecule has 0 aromatic carbocycles. The molecule has 0 amide bonds. The van der Waals surface area contributed by atoms with Gasteiger partial charge >= 0.3 is 0 Å². The standard InChI is InChI=1S/C15H24N4/c1-15(2,3)19-10-6-8-14(19)18-9-5-7-12-13(18)11-17(4)16-12/h6,8,11,14H,5,7,9-10H2,1-4H3. The lowest BCUT2D eigenvalue weighted by molar-refractivity contribution is 0.129. The summed E-state index contributed by atoms with van der Waals surface area (Å²) in [6.07, 6.45) is 9.49. The third-order valence-corrected chi connectivity index (χ3v) is 4.12. The van der Waals surface area contributed by atoms with Crippen LogP contribution in [-0.2, 0) is 13.5 Å². The van der Waals surface area contributed by atoms with Crippen LogP contribution < -0.4 is 4.90 Å². The summed E-state index contributed by atoms with van der Waals surface area (Å²) in [4.78, 5) is 5.07. The molecule has 3 rings (SSSR count). The first-order chi connectivity index (χ1) is 8.97. The van der Waals surface area contributed by atoms with E-state index in [-0.39, 0.29) is 5.54 Å². The van der Waals surface area contributed by atoms with Crippen LogP contribution in [0.2, 0.25) is 0 Å². The molecule has 1 aromatic rings. The first-order valence-electron chi connectivity index (χ1n) is 7.19. The second-order valence-corrected chi connectivity index (χ2v) is 6.60. The van der Waals surface area contributed by atoms with Gasteiger partial charge in [-0.15, -0.1) is 0 Å². The normalized spacial score (nSPS) is 24.0. The Balaban J connectivity index is 1.92. The number of hydrogen-bond donors (Lipinski definition) is 0. The largest absolute Gasteiger partial charge is 0.349 e. The zero-order chi connectivity index (χ0) is 13.6. The summed E-state index contributed by atoms with van der Waals surface area (Å²) >= 11 is 0. The maximum absolute atomic E-state index is 4.59. The third kappa shape index (κ3) is 2.18. The first-order valence-corrected chi connectivity index (χ1v) is 7.19. The molecule has 2 aliphatic rings. The molecule has 2 aliphatic heterocycles. The van der Waals surface area contributed by atoms with Crippen molar-refractivity contribution in [1.82, 2.24) is 14.7 Å². The molecule has 0 bridgehead atoms. The number of rotatable bonds is 1. The lowest BCUT2D eigenvalue weighted by Gasteiger charge is -2.44. The van der Waals surface area contributed by atoms with Crippen molar-refractivity contribution in [2.75, 3.05) is 18.0 Å². The quantitative estimate of drug-likeness (QED) is 0.723. The third-order valence-electron chi connectivity index (χ3n) is 4.12. The molecular formula is C15H24N4. The van der Waals surface area contributed by atoms with Crippen molar-refractivity contribution in [3.63, 3.8) is 0 Å². The van der Waals surface area contributed by atoms with Gasteiger partial charge in [-0.05, 0) is 33.6 Å². The molecule has 0 radical (unpaired) electrons. The summed E-state index contributed by atoms with van der Waals surface area (Å²) in [7, 11) is 2.02. The van der Waals surface area contributed by atoms with Crippen molar-refractivity contribution in [2.45, 2.75) is 45.3 Å². The van der Waals surface area contributed by atoms with Crippen molar-refractivity contribution in [2.24, 2.45) is 7.05 Å².